The molecule has 0 unspecified atom stereocenters. The molecule has 0 spiro atoms. The standard InChI is InChI=1S/C15H20N4O2/c1-3-7-16-12-5-8-17-13(10-12)11-19-14(20)6-9-18(4-2)15(19)21/h5-6,8-10H,3-4,7,11H2,1-2H3,(H,16,17). The summed E-state index contributed by atoms with van der Waals surface area (Å²) in [5.41, 5.74) is 1.02. The van der Waals surface area contributed by atoms with Crippen molar-refractivity contribution in [3.8, 4) is 0 Å². The lowest BCUT2D eigenvalue weighted by Crippen LogP contribution is -2.39. The first kappa shape index (κ1) is 15.0. The van der Waals surface area contributed by atoms with E-state index in [2.05, 4.69) is 17.2 Å². The van der Waals surface area contributed by atoms with Crippen LogP contribution in [0, 0.1) is 0 Å². The molecule has 2 heterocycles. The average Bonchev–Trinajstić information content (AvgIpc) is 2.50. The molecule has 0 aliphatic rings. The summed E-state index contributed by atoms with van der Waals surface area (Å²) < 4.78 is 2.70. The monoisotopic (exact) mass is 288 g/mol. The smallest absolute Gasteiger partial charge is 0.331 e. The molecule has 0 aliphatic carbocycles. The van der Waals surface area contributed by atoms with E-state index in [9.17, 15) is 9.59 Å². The number of hydrogen-bond donors (Lipinski definition) is 1. The number of hydrogen-bond acceptors (Lipinski definition) is 4. The summed E-state index contributed by atoms with van der Waals surface area (Å²) in [7, 11) is 0. The summed E-state index contributed by atoms with van der Waals surface area (Å²) >= 11 is 0. The Bertz CT molecular complexity index is 718. The van der Waals surface area contributed by atoms with Gasteiger partial charge in [-0.1, -0.05) is 6.92 Å². The van der Waals surface area contributed by atoms with Crippen LogP contribution in [-0.4, -0.2) is 20.7 Å². The van der Waals surface area contributed by atoms with Gasteiger partial charge in [0.2, 0.25) is 0 Å². The fourth-order valence-corrected chi connectivity index (χ4v) is 2.05. The van der Waals surface area contributed by atoms with Crippen LogP contribution in [0.15, 0.2) is 40.2 Å². The first-order valence-electron chi connectivity index (χ1n) is 7.14. The van der Waals surface area contributed by atoms with Gasteiger partial charge in [-0.05, 0) is 25.5 Å². The van der Waals surface area contributed by atoms with Gasteiger partial charge in [-0.25, -0.2) is 4.79 Å². The first-order chi connectivity index (χ1) is 10.2. The molecule has 0 saturated carbocycles. The lowest BCUT2D eigenvalue weighted by molar-refractivity contribution is 0.594. The number of rotatable bonds is 6. The minimum absolute atomic E-state index is 0.181. The van der Waals surface area contributed by atoms with Crippen LogP contribution in [0.4, 0.5) is 5.69 Å². The van der Waals surface area contributed by atoms with E-state index in [1.54, 1.807) is 6.20 Å². The maximum atomic E-state index is 12.2. The maximum Gasteiger partial charge on any atom is 0.331 e. The lowest BCUT2D eigenvalue weighted by atomic mass is 10.3. The third kappa shape index (κ3) is 3.59. The molecule has 0 aliphatic heterocycles. The number of anilines is 1. The lowest BCUT2D eigenvalue weighted by Gasteiger charge is -2.09. The number of aromatic nitrogens is 3. The third-order valence-corrected chi connectivity index (χ3v) is 3.20. The quantitative estimate of drug-likeness (QED) is 0.870. The Morgan fingerprint density at radius 3 is 2.76 bits per heavy atom. The number of nitrogens with one attached hydrogen (secondary N) is 1. The Balaban J connectivity index is 2.30. The second-order valence-corrected chi connectivity index (χ2v) is 4.77. The van der Waals surface area contributed by atoms with Crippen molar-refractivity contribution < 1.29 is 0 Å². The van der Waals surface area contributed by atoms with Gasteiger partial charge in [0.25, 0.3) is 5.56 Å². The molecule has 1 N–H and O–H groups in total. The van der Waals surface area contributed by atoms with E-state index in [1.165, 1.54) is 21.4 Å². The van der Waals surface area contributed by atoms with Crippen LogP contribution in [-0.2, 0) is 13.1 Å². The van der Waals surface area contributed by atoms with Gasteiger partial charge in [0.05, 0.1) is 12.2 Å². The fourth-order valence-electron chi connectivity index (χ4n) is 2.05. The van der Waals surface area contributed by atoms with Gasteiger partial charge in [-0.2, -0.15) is 0 Å². The minimum atomic E-state index is -0.307. The normalized spacial score (nSPS) is 10.6. The van der Waals surface area contributed by atoms with Crippen LogP contribution in [0.25, 0.3) is 0 Å². The Labute approximate surface area is 123 Å². The molecule has 0 aromatic carbocycles. The van der Waals surface area contributed by atoms with Crippen molar-refractivity contribution in [2.75, 3.05) is 11.9 Å². The zero-order chi connectivity index (χ0) is 15.2. The Morgan fingerprint density at radius 2 is 2.05 bits per heavy atom. The Morgan fingerprint density at radius 1 is 1.24 bits per heavy atom. The number of pyridine rings is 1. The summed E-state index contributed by atoms with van der Waals surface area (Å²) in [6.07, 6.45) is 4.23. The van der Waals surface area contributed by atoms with E-state index < -0.39 is 0 Å². The molecule has 2 aromatic rings. The van der Waals surface area contributed by atoms with E-state index in [4.69, 9.17) is 0 Å². The van der Waals surface area contributed by atoms with E-state index in [0.29, 0.717) is 12.2 Å². The van der Waals surface area contributed by atoms with Crippen molar-refractivity contribution in [3.63, 3.8) is 0 Å². The summed E-state index contributed by atoms with van der Waals surface area (Å²) in [5.74, 6) is 0. The van der Waals surface area contributed by atoms with Crippen LogP contribution in [0.3, 0.4) is 0 Å². The predicted octanol–water partition coefficient (Wildman–Crippen LogP) is 1.30. The molecule has 2 aromatic heterocycles. The highest BCUT2D eigenvalue weighted by atomic mass is 16.2. The van der Waals surface area contributed by atoms with Crippen LogP contribution in [0.1, 0.15) is 26.0 Å². The summed E-state index contributed by atoms with van der Waals surface area (Å²) in [5, 5.41) is 3.26. The van der Waals surface area contributed by atoms with Gasteiger partial charge >= 0.3 is 5.69 Å². The van der Waals surface area contributed by atoms with Gasteiger partial charge in [-0.3, -0.25) is 14.3 Å². The molecule has 2 rings (SSSR count). The Hall–Kier alpha value is -2.37. The highest BCUT2D eigenvalue weighted by Crippen LogP contribution is 2.08. The van der Waals surface area contributed by atoms with Gasteiger partial charge in [-0.15, -0.1) is 0 Å². The van der Waals surface area contributed by atoms with E-state index in [1.807, 2.05) is 19.1 Å². The van der Waals surface area contributed by atoms with E-state index in [-0.39, 0.29) is 17.8 Å². The second kappa shape index (κ2) is 6.88. The molecule has 112 valence electrons. The van der Waals surface area contributed by atoms with E-state index >= 15 is 0 Å². The molecule has 21 heavy (non-hydrogen) atoms. The zero-order valence-electron chi connectivity index (χ0n) is 12.4. The SMILES string of the molecule is CCCNc1ccnc(Cn2c(=O)ccn(CC)c2=O)c1. The average molecular weight is 288 g/mol. The van der Waals surface area contributed by atoms with Crippen molar-refractivity contribution in [2.24, 2.45) is 0 Å². The molecule has 0 fully saturated rings. The fraction of sp³-hybridized carbons (Fsp3) is 0.400. The van der Waals surface area contributed by atoms with E-state index in [0.717, 1.165) is 18.7 Å². The molecule has 6 nitrogen and oxygen atoms in total. The van der Waals surface area contributed by atoms with Crippen LogP contribution < -0.4 is 16.6 Å². The third-order valence-electron chi connectivity index (χ3n) is 3.20. The molecule has 0 radical (unpaired) electrons. The predicted molar refractivity (Wildman–Crippen MR) is 82.8 cm³/mol. The largest absolute Gasteiger partial charge is 0.385 e. The number of aryl methyl sites for hydroxylation is 1. The topological polar surface area (TPSA) is 68.9 Å². The number of nitrogens with zero attached hydrogens (tertiary/aromatic N) is 3. The summed E-state index contributed by atoms with van der Waals surface area (Å²) in [6.45, 7) is 5.54. The summed E-state index contributed by atoms with van der Waals surface area (Å²) in [6, 6.07) is 5.15. The Kier molecular flexibility index (Phi) is 4.92. The van der Waals surface area contributed by atoms with Gasteiger partial charge in [0.15, 0.2) is 0 Å². The maximum absolute atomic E-state index is 12.2. The van der Waals surface area contributed by atoms with Crippen molar-refractivity contribution in [3.05, 3.63) is 57.1 Å². The van der Waals surface area contributed by atoms with Crippen molar-refractivity contribution in [2.45, 2.75) is 33.4 Å². The van der Waals surface area contributed by atoms with Gasteiger partial charge in [0, 0.05) is 37.2 Å². The van der Waals surface area contributed by atoms with Crippen LogP contribution in [0.5, 0.6) is 0 Å². The molecule has 6 heteroatoms. The van der Waals surface area contributed by atoms with Crippen molar-refractivity contribution in [1.29, 1.82) is 0 Å². The van der Waals surface area contributed by atoms with Crippen LogP contribution >= 0.6 is 0 Å². The van der Waals surface area contributed by atoms with Crippen LogP contribution in [0.2, 0.25) is 0 Å². The molecule has 0 atom stereocenters. The van der Waals surface area contributed by atoms with Crippen molar-refractivity contribution in [1.82, 2.24) is 14.1 Å². The van der Waals surface area contributed by atoms with Gasteiger partial charge in [0.1, 0.15) is 0 Å². The highest BCUT2D eigenvalue weighted by Gasteiger charge is 2.06. The molecular formula is C15H20N4O2. The van der Waals surface area contributed by atoms with Crippen molar-refractivity contribution >= 4 is 5.69 Å². The zero-order valence-corrected chi connectivity index (χ0v) is 12.4. The molecule has 0 bridgehead atoms. The minimum Gasteiger partial charge on any atom is -0.385 e. The molecule has 0 amide bonds. The second-order valence-electron chi connectivity index (χ2n) is 4.77. The first-order valence-corrected chi connectivity index (χ1v) is 7.14. The van der Waals surface area contributed by atoms with Gasteiger partial charge < -0.3 is 9.88 Å². The molecular weight excluding hydrogens is 268 g/mol. The molecule has 0 saturated heterocycles. The summed E-state index contributed by atoms with van der Waals surface area (Å²) in [4.78, 5) is 28.3. The highest BCUT2D eigenvalue weighted by molar-refractivity contribution is 5.43.